The molecule has 0 unspecified atom stereocenters. The van der Waals surface area contributed by atoms with Crippen LogP contribution >= 0.6 is 0 Å². The summed E-state index contributed by atoms with van der Waals surface area (Å²) in [5.41, 5.74) is 0.435. The summed E-state index contributed by atoms with van der Waals surface area (Å²) in [6.45, 7) is 0.757. The average Bonchev–Trinajstić information content (AvgIpc) is 3.08. The molecule has 2 amide bonds. The number of carbonyl (C=O) groups excluding carboxylic acids is 2. The number of nitrogens with one attached hydrogen (secondary N) is 2. The molecule has 0 bridgehead atoms. The topological polar surface area (TPSA) is 67.4 Å². The Morgan fingerprint density at radius 2 is 2.11 bits per heavy atom. The van der Waals surface area contributed by atoms with E-state index >= 15 is 0 Å². The third-order valence-electron chi connectivity index (χ3n) is 6.14. The van der Waals surface area contributed by atoms with Gasteiger partial charge in [0.25, 0.3) is 0 Å². The summed E-state index contributed by atoms with van der Waals surface area (Å²) in [5.74, 6) is 0.448. The van der Waals surface area contributed by atoms with E-state index in [1.807, 2.05) is 0 Å². The smallest absolute Gasteiger partial charge is 0.220 e. The molecule has 3 rings (SSSR count). The maximum atomic E-state index is 13.7. The molecule has 154 valence electrons. The number of ether oxygens (including phenoxy) is 1. The number of amides is 2. The van der Waals surface area contributed by atoms with Gasteiger partial charge in [-0.05, 0) is 55.7 Å². The van der Waals surface area contributed by atoms with Crippen LogP contribution in [0.15, 0.2) is 18.2 Å². The Hall–Kier alpha value is -2.11. The second kappa shape index (κ2) is 9.39. The lowest BCUT2D eigenvalue weighted by Crippen LogP contribution is -2.44. The van der Waals surface area contributed by atoms with E-state index in [0.717, 1.165) is 12.1 Å². The summed E-state index contributed by atoms with van der Waals surface area (Å²) >= 11 is 0. The molecule has 0 radical (unpaired) electrons. The van der Waals surface area contributed by atoms with Crippen molar-refractivity contribution in [2.75, 3.05) is 13.7 Å². The largest absolute Gasteiger partial charge is 0.494 e. The van der Waals surface area contributed by atoms with Gasteiger partial charge < -0.3 is 15.4 Å². The maximum absolute atomic E-state index is 13.7. The molecule has 2 fully saturated rings. The minimum Gasteiger partial charge on any atom is -0.494 e. The molecule has 1 atom stereocenters. The molecule has 1 saturated heterocycles. The lowest BCUT2D eigenvalue weighted by atomic mass is 9.84. The van der Waals surface area contributed by atoms with Crippen LogP contribution in [0, 0.1) is 11.7 Å². The SMILES string of the molecule is COc1cc(C[C@@]2(CCC(=O)NCC3CCCCC3)CCC(=O)N2)ccc1F. The van der Waals surface area contributed by atoms with E-state index < -0.39 is 11.4 Å². The zero-order valence-electron chi connectivity index (χ0n) is 16.7. The lowest BCUT2D eigenvalue weighted by molar-refractivity contribution is -0.123. The Balaban J connectivity index is 1.57. The Morgan fingerprint density at radius 1 is 1.32 bits per heavy atom. The fourth-order valence-corrected chi connectivity index (χ4v) is 4.48. The van der Waals surface area contributed by atoms with Gasteiger partial charge in [-0.15, -0.1) is 0 Å². The van der Waals surface area contributed by atoms with Crippen LogP contribution in [0.25, 0.3) is 0 Å². The van der Waals surface area contributed by atoms with Crippen LogP contribution in [-0.2, 0) is 16.0 Å². The number of hydrogen-bond acceptors (Lipinski definition) is 3. The first-order chi connectivity index (χ1) is 13.5. The number of carbonyl (C=O) groups is 2. The Morgan fingerprint density at radius 3 is 2.79 bits per heavy atom. The standard InChI is InChI=1S/C22H31FN2O3/c1-28-19-13-17(7-8-18(19)23)14-22(12-10-21(27)25-22)11-9-20(26)24-15-16-5-3-2-4-6-16/h7-8,13,16H,2-6,9-12,14-15H2,1H3,(H,24,26)(H,25,27)/t22-/m1/s1. The van der Waals surface area contributed by atoms with E-state index in [2.05, 4.69) is 10.6 Å². The molecule has 1 aliphatic carbocycles. The lowest BCUT2D eigenvalue weighted by Gasteiger charge is -2.30. The van der Waals surface area contributed by atoms with E-state index in [0.29, 0.717) is 38.0 Å². The monoisotopic (exact) mass is 390 g/mol. The first-order valence-corrected chi connectivity index (χ1v) is 10.4. The molecule has 5 nitrogen and oxygen atoms in total. The molecule has 1 heterocycles. The second-order valence-electron chi connectivity index (χ2n) is 8.28. The van der Waals surface area contributed by atoms with E-state index in [1.165, 1.54) is 45.3 Å². The fraction of sp³-hybridized carbons (Fsp3) is 0.636. The zero-order chi connectivity index (χ0) is 20.0. The summed E-state index contributed by atoms with van der Waals surface area (Å²) in [7, 11) is 1.44. The van der Waals surface area contributed by atoms with Crippen molar-refractivity contribution in [2.45, 2.75) is 69.7 Å². The van der Waals surface area contributed by atoms with Gasteiger partial charge in [-0.2, -0.15) is 0 Å². The highest BCUT2D eigenvalue weighted by Crippen LogP contribution is 2.31. The first-order valence-electron chi connectivity index (χ1n) is 10.4. The maximum Gasteiger partial charge on any atom is 0.220 e. The number of benzene rings is 1. The Kier molecular flexibility index (Phi) is 6.92. The van der Waals surface area contributed by atoms with Crippen LogP contribution in [0.4, 0.5) is 4.39 Å². The van der Waals surface area contributed by atoms with E-state index in [4.69, 9.17) is 4.74 Å². The van der Waals surface area contributed by atoms with Crippen molar-refractivity contribution in [3.63, 3.8) is 0 Å². The summed E-state index contributed by atoms with van der Waals surface area (Å²) in [4.78, 5) is 24.3. The highest BCUT2D eigenvalue weighted by molar-refractivity contribution is 5.80. The van der Waals surface area contributed by atoms with Crippen molar-refractivity contribution in [3.05, 3.63) is 29.6 Å². The van der Waals surface area contributed by atoms with Crippen molar-refractivity contribution in [2.24, 2.45) is 5.92 Å². The first kappa shape index (κ1) is 20.6. The van der Waals surface area contributed by atoms with Crippen molar-refractivity contribution in [3.8, 4) is 5.75 Å². The third kappa shape index (κ3) is 5.46. The molecule has 2 N–H and O–H groups in total. The van der Waals surface area contributed by atoms with Gasteiger partial charge in [0.1, 0.15) is 0 Å². The van der Waals surface area contributed by atoms with Crippen LogP contribution in [0.5, 0.6) is 5.75 Å². The summed E-state index contributed by atoms with van der Waals surface area (Å²) in [5, 5.41) is 6.15. The normalized spacial score (nSPS) is 22.7. The van der Waals surface area contributed by atoms with Crippen molar-refractivity contribution >= 4 is 11.8 Å². The van der Waals surface area contributed by atoms with Crippen LogP contribution in [0.2, 0.25) is 0 Å². The highest BCUT2D eigenvalue weighted by atomic mass is 19.1. The third-order valence-corrected chi connectivity index (χ3v) is 6.14. The predicted octanol–water partition coefficient (Wildman–Crippen LogP) is 3.50. The van der Waals surface area contributed by atoms with Gasteiger partial charge in [0, 0.05) is 24.9 Å². The fourth-order valence-electron chi connectivity index (χ4n) is 4.48. The number of rotatable bonds is 8. The highest BCUT2D eigenvalue weighted by Gasteiger charge is 2.38. The number of hydrogen-bond donors (Lipinski definition) is 2. The van der Waals surface area contributed by atoms with Crippen molar-refractivity contribution in [1.82, 2.24) is 10.6 Å². The van der Waals surface area contributed by atoms with Crippen LogP contribution in [0.1, 0.15) is 63.4 Å². The molecule has 2 aliphatic rings. The van der Waals surface area contributed by atoms with Gasteiger partial charge in [-0.25, -0.2) is 4.39 Å². The minimum atomic E-state index is -0.456. The summed E-state index contributed by atoms with van der Waals surface area (Å²) < 4.78 is 18.8. The van der Waals surface area contributed by atoms with Crippen LogP contribution in [-0.4, -0.2) is 31.0 Å². The average molecular weight is 390 g/mol. The van der Waals surface area contributed by atoms with Gasteiger partial charge in [0.2, 0.25) is 11.8 Å². The van der Waals surface area contributed by atoms with Gasteiger partial charge in [0.05, 0.1) is 7.11 Å². The summed E-state index contributed by atoms with van der Waals surface area (Å²) in [6, 6.07) is 4.77. The molecule has 1 saturated carbocycles. The van der Waals surface area contributed by atoms with E-state index in [1.54, 1.807) is 12.1 Å². The van der Waals surface area contributed by atoms with Crippen LogP contribution < -0.4 is 15.4 Å². The molecule has 0 aromatic heterocycles. The second-order valence-corrected chi connectivity index (χ2v) is 8.28. The zero-order valence-corrected chi connectivity index (χ0v) is 16.7. The molecule has 1 aromatic rings. The quantitative estimate of drug-likeness (QED) is 0.714. The molecular weight excluding hydrogens is 359 g/mol. The minimum absolute atomic E-state index is 0.0108. The molecule has 1 aliphatic heterocycles. The van der Waals surface area contributed by atoms with Crippen molar-refractivity contribution in [1.29, 1.82) is 0 Å². The van der Waals surface area contributed by atoms with Crippen LogP contribution in [0.3, 0.4) is 0 Å². The number of halogens is 1. The molecular formula is C22H31FN2O3. The molecule has 0 spiro atoms. The molecule has 28 heavy (non-hydrogen) atoms. The Bertz CT molecular complexity index is 703. The molecule has 1 aromatic carbocycles. The van der Waals surface area contributed by atoms with E-state index in [9.17, 15) is 14.0 Å². The summed E-state index contributed by atoms with van der Waals surface area (Å²) in [6.07, 6.45) is 8.89. The predicted molar refractivity (Wildman–Crippen MR) is 106 cm³/mol. The number of methoxy groups -OCH3 is 1. The van der Waals surface area contributed by atoms with E-state index in [-0.39, 0.29) is 17.6 Å². The van der Waals surface area contributed by atoms with Crippen molar-refractivity contribution < 1.29 is 18.7 Å². The van der Waals surface area contributed by atoms with Gasteiger partial charge in [-0.3, -0.25) is 9.59 Å². The van der Waals surface area contributed by atoms with Gasteiger partial charge in [-0.1, -0.05) is 25.3 Å². The Labute approximate surface area is 166 Å². The van der Waals surface area contributed by atoms with Gasteiger partial charge in [0.15, 0.2) is 11.6 Å². The van der Waals surface area contributed by atoms with Gasteiger partial charge >= 0.3 is 0 Å². The molecule has 6 heteroatoms.